The van der Waals surface area contributed by atoms with Gasteiger partial charge in [-0.1, -0.05) is 32.4 Å². The molecule has 0 aromatic heterocycles. The number of ketones is 1. The Labute approximate surface area is 126 Å². The molecule has 0 aliphatic carbocycles. The molecule has 0 amide bonds. The van der Waals surface area contributed by atoms with Crippen molar-refractivity contribution < 1.29 is 18.3 Å². The minimum absolute atomic E-state index is 0.0424. The van der Waals surface area contributed by atoms with E-state index in [1.165, 1.54) is 12.1 Å². The van der Waals surface area contributed by atoms with E-state index < -0.39 is 10.0 Å². The van der Waals surface area contributed by atoms with Crippen LogP contribution >= 0.6 is 0 Å². The number of aliphatic hydroxyl groups is 1. The minimum atomic E-state index is -3.63. The highest BCUT2D eigenvalue weighted by molar-refractivity contribution is 7.89. The van der Waals surface area contributed by atoms with Gasteiger partial charge in [0.15, 0.2) is 5.78 Å². The molecule has 21 heavy (non-hydrogen) atoms. The van der Waals surface area contributed by atoms with Gasteiger partial charge in [-0.15, -0.1) is 0 Å². The SMILES string of the molecule is CCC(=O)c1cccc(S(=O)(=O)NCC(CC)CCO)c1. The second-order valence-corrected chi connectivity index (χ2v) is 6.71. The zero-order valence-electron chi connectivity index (χ0n) is 12.5. The molecular formula is C15H23NO4S. The molecule has 0 heterocycles. The van der Waals surface area contributed by atoms with Crippen molar-refractivity contribution in [1.82, 2.24) is 4.72 Å². The van der Waals surface area contributed by atoms with Gasteiger partial charge in [-0.05, 0) is 24.5 Å². The van der Waals surface area contributed by atoms with Crippen LogP contribution < -0.4 is 4.72 Å². The standard InChI is InChI=1S/C15H23NO4S/c1-3-12(8-9-17)11-16-21(19,20)14-7-5-6-13(10-14)15(18)4-2/h5-7,10,12,16-17H,3-4,8-9,11H2,1-2H3. The third-order valence-electron chi connectivity index (χ3n) is 3.46. The van der Waals surface area contributed by atoms with Crippen LogP contribution in [-0.4, -0.2) is 32.5 Å². The summed E-state index contributed by atoms with van der Waals surface area (Å²) in [6, 6.07) is 6.07. The Morgan fingerprint density at radius 3 is 2.62 bits per heavy atom. The van der Waals surface area contributed by atoms with Gasteiger partial charge in [-0.2, -0.15) is 0 Å². The largest absolute Gasteiger partial charge is 0.396 e. The molecule has 0 aliphatic rings. The Hall–Kier alpha value is -1.24. The fourth-order valence-corrected chi connectivity index (χ4v) is 3.15. The van der Waals surface area contributed by atoms with Crippen LogP contribution in [0.5, 0.6) is 0 Å². The Morgan fingerprint density at radius 2 is 2.05 bits per heavy atom. The van der Waals surface area contributed by atoms with Crippen LogP contribution in [0.15, 0.2) is 29.2 Å². The van der Waals surface area contributed by atoms with Gasteiger partial charge in [-0.3, -0.25) is 4.79 Å². The molecule has 1 aromatic carbocycles. The molecule has 6 heteroatoms. The number of aliphatic hydroxyl groups excluding tert-OH is 1. The number of carbonyl (C=O) groups excluding carboxylic acids is 1. The normalized spacial score (nSPS) is 13.1. The number of benzene rings is 1. The summed E-state index contributed by atoms with van der Waals surface area (Å²) in [5.74, 6) is 0.0176. The third kappa shape index (κ3) is 5.22. The Bertz CT molecular complexity index is 569. The van der Waals surface area contributed by atoms with E-state index in [-0.39, 0.29) is 29.7 Å². The van der Waals surface area contributed by atoms with E-state index in [9.17, 15) is 13.2 Å². The lowest BCUT2D eigenvalue weighted by Gasteiger charge is -2.14. The molecule has 0 fully saturated rings. The maximum absolute atomic E-state index is 12.2. The fraction of sp³-hybridized carbons (Fsp3) is 0.533. The molecule has 2 N–H and O–H groups in total. The summed E-state index contributed by atoms with van der Waals surface area (Å²) in [5.41, 5.74) is 0.405. The molecule has 0 aliphatic heterocycles. The van der Waals surface area contributed by atoms with E-state index in [0.29, 0.717) is 18.4 Å². The van der Waals surface area contributed by atoms with Crippen LogP contribution in [0.3, 0.4) is 0 Å². The topological polar surface area (TPSA) is 83.5 Å². The van der Waals surface area contributed by atoms with Crippen LogP contribution in [0.4, 0.5) is 0 Å². The molecule has 118 valence electrons. The highest BCUT2D eigenvalue weighted by atomic mass is 32.2. The average molecular weight is 313 g/mol. The molecule has 0 radical (unpaired) electrons. The first-order chi connectivity index (χ1) is 9.94. The summed E-state index contributed by atoms with van der Waals surface area (Å²) >= 11 is 0. The molecule has 1 rings (SSSR count). The summed E-state index contributed by atoms with van der Waals surface area (Å²) in [6.45, 7) is 4.02. The number of sulfonamides is 1. The summed E-state index contributed by atoms with van der Waals surface area (Å²) in [7, 11) is -3.63. The summed E-state index contributed by atoms with van der Waals surface area (Å²) in [4.78, 5) is 11.7. The predicted molar refractivity (Wildman–Crippen MR) is 81.7 cm³/mol. The number of rotatable bonds is 9. The van der Waals surface area contributed by atoms with Crippen molar-refractivity contribution in [3.63, 3.8) is 0 Å². The van der Waals surface area contributed by atoms with Gasteiger partial charge in [-0.25, -0.2) is 13.1 Å². The molecule has 0 saturated carbocycles. The lowest BCUT2D eigenvalue weighted by Crippen LogP contribution is -2.29. The Kier molecular flexibility index (Phi) is 7.01. The third-order valence-corrected chi connectivity index (χ3v) is 4.89. The van der Waals surface area contributed by atoms with E-state index in [1.54, 1.807) is 19.1 Å². The number of carbonyl (C=O) groups is 1. The zero-order chi connectivity index (χ0) is 15.9. The van der Waals surface area contributed by atoms with Crippen LogP contribution in [-0.2, 0) is 10.0 Å². The summed E-state index contributed by atoms with van der Waals surface area (Å²) in [6.07, 6.45) is 1.69. The quantitative estimate of drug-likeness (QED) is 0.683. The number of nitrogens with one attached hydrogen (secondary N) is 1. The molecule has 0 bridgehead atoms. The fourth-order valence-electron chi connectivity index (χ4n) is 1.98. The van der Waals surface area contributed by atoms with Crippen molar-refractivity contribution in [3.05, 3.63) is 29.8 Å². The highest BCUT2D eigenvalue weighted by Gasteiger charge is 2.17. The zero-order valence-corrected chi connectivity index (χ0v) is 13.3. The Morgan fingerprint density at radius 1 is 1.33 bits per heavy atom. The second-order valence-electron chi connectivity index (χ2n) is 4.94. The number of hydrogen-bond donors (Lipinski definition) is 2. The maximum atomic E-state index is 12.2. The van der Waals surface area contributed by atoms with E-state index in [2.05, 4.69) is 4.72 Å². The highest BCUT2D eigenvalue weighted by Crippen LogP contribution is 2.14. The van der Waals surface area contributed by atoms with Gasteiger partial charge in [0, 0.05) is 25.1 Å². The van der Waals surface area contributed by atoms with Crippen molar-refractivity contribution in [1.29, 1.82) is 0 Å². The van der Waals surface area contributed by atoms with E-state index in [1.807, 2.05) is 6.92 Å². The first-order valence-corrected chi connectivity index (χ1v) is 8.66. The second kappa shape index (κ2) is 8.26. The van der Waals surface area contributed by atoms with Crippen LogP contribution in [0.25, 0.3) is 0 Å². The summed E-state index contributed by atoms with van der Waals surface area (Å²) in [5, 5.41) is 8.92. The van der Waals surface area contributed by atoms with Crippen molar-refractivity contribution in [2.75, 3.05) is 13.2 Å². The first-order valence-electron chi connectivity index (χ1n) is 7.18. The molecule has 0 spiro atoms. The predicted octanol–water partition coefficient (Wildman–Crippen LogP) is 1.97. The monoisotopic (exact) mass is 313 g/mol. The van der Waals surface area contributed by atoms with E-state index in [4.69, 9.17) is 5.11 Å². The lowest BCUT2D eigenvalue weighted by atomic mass is 10.0. The Balaban J connectivity index is 2.85. The smallest absolute Gasteiger partial charge is 0.240 e. The van der Waals surface area contributed by atoms with Gasteiger partial charge < -0.3 is 5.11 Å². The number of Topliss-reactive ketones (excluding diaryl/α,β-unsaturated/α-hetero) is 1. The van der Waals surface area contributed by atoms with Gasteiger partial charge >= 0.3 is 0 Å². The van der Waals surface area contributed by atoms with Crippen molar-refractivity contribution in [2.24, 2.45) is 5.92 Å². The molecule has 0 saturated heterocycles. The van der Waals surface area contributed by atoms with Gasteiger partial charge in [0.1, 0.15) is 0 Å². The van der Waals surface area contributed by atoms with Crippen LogP contribution in [0.2, 0.25) is 0 Å². The minimum Gasteiger partial charge on any atom is -0.396 e. The summed E-state index contributed by atoms with van der Waals surface area (Å²) < 4.78 is 27.0. The molecule has 1 atom stereocenters. The van der Waals surface area contributed by atoms with Gasteiger partial charge in [0.2, 0.25) is 10.0 Å². The van der Waals surface area contributed by atoms with Crippen LogP contribution in [0.1, 0.15) is 43.5 Å². The lowest BCUT2D eigenvalue weighted by molar-refractivity contribution is 0.0988. The van der Waals surface area contributed by atoms with E-state index in [0.717, 1.165) is 6.42 Å². The molecular weight excluding hydrogens is 290 g/mol. The molecule has 1 unspecified atom stereocenters. The van der Waals surface area contributed by atoms with Crippen molar-refractivity contribution in [3.8, 4) is 0 Å². The van der Waals surface area contributed by atoms with E-state index >= 15 is 0 Å². The number of hydrogen-bond acceptors (Lipinski definition) is 4. The maximum Gasteiger partial charge on any atom is 0.240 e. The van der Waals surface area contributed by atoms with Gasteiger partial charge in [0.25, 0.3) is 0 Å². The molecule has 5 nitrogen and oxygen atoms in total. The van der Waals surface area contributed by atoms with Crippen molar-refractivity contribution in [2.45, 2.75) is 38.0 Å². The average Bonchev–Trinajstić information content (AvgIpc) is 2.50. The van der Waals surface area contributed by atoms with Gasteiger partial charge in [0.05, 0.1) is 4.90 Å². The van der Waals surface area contributed by atoms with Crippen molar-refractivity contribution >= 4 is 15.8 Å². The molecule has 1 aromatic rings. The first kappa shape index (κ1) is 17.8. The van der Waals surface area contributed by atoms with Crippen LogP contribution in [0, 0.1) is 5.92 Å².